The first-order valence-electron chi connectivity index (χ1n) is 14.2. The Morgan fingerprint density at radius 3 is 1.64 bits per heavy atom. The molecule has 15 nitrogen and oxygen atoms in total. The summed E-state index contributed by atoms with van der Waals surface area (Å²) in [7, 11) is 0. The van der Waals surface area contributed by atoms with Crippen molar-refractivity contribution < 1.29 is 29.6 Å². The largest absolute Gasteiger partial charge is 0.483 e. The molecule has 5 rings (SSSR count). The minimum atomic E-state index is -0.250. The Morgan fingerprint density at radius 2 is 1.22 bits per heavy atom. The van der Waals surface area contributed by atoms with Gasteiger partial charge >= 0.3 is 0 Å². The lowest BCUT2D eigenvalue weighted by atomic mass is 10.2. The lowest BCUT2D eigenvalue weighted by molar-refractivity contribution is -0.129. The van der Waals surface area contributed by atoms with Crippen molar-refractivity contribution in [2.24, 2.45) is 10.8 Å². The van der Waals surface area contributed by atoms with E-state index in [2.05, 4.69) is 83.2 Å². The number of nitrogens with zero attached hydrogens (tertiary/aromatic N) is 7. The number of ether oxygens (including phenoxy) is 1. The van der Waals surface area contributed by atoms with E-state index in [4.69, 9.17) is 25.8 Å². The van der Waals surface area contributed by atoms with Gasteiger partial charge in [-0.25, -0.2) is 14.6 Å². The number of nitrogens with two attached hydrogens (primary N) is 1. The van der Waals surface area contributed by atoms with Crippen LogP contribution in [-0.2, 0) is 27.4 Å². The Morgan fingerprint density at radius 1 is 0.780 bits per heavy atom. The number of carbonyl (C=O) groups excluding carboxylic acids is 1. The van der Waals surface area contributed by atoms with Crippen LogP contribution >= 0.6 is 60.2 Å². The summed E-state index contributed by atoms with van der Waals surface area (Å²) in [6, 6.07) is 23.0. The van der Waals surface area contributed by atoms with E-state index in [-0.39, 0.29) is 32.1 Å². The lowest BCUT2D eigenvalue weighted by Crippen LogP contribution is -2.20. The van der Waals surface area contributed by atoms with Gasteiger partial charge in [0, 0.05) is 30.1 Å². The Hall–Kier alpha value is -4.20. The fraction of sp³-hybridized carbons (Fsp3) is 0.194. The Bertz CT molecular complexity index is 1690. The first-order chi connectivity index (χ1) is 23.7. The predicted molar refractivity (Wildman–Crippen MR) is 201 cm³/mol. The number of benzene rings is 3. The van der Waals surface area contributed by atoms with Crippen molar-refractivity contribution in [3.8, 4) is 22.8 Å². The molecule has 0 atom stereocenters. The summed E-state index contributed by atoms with van der Waals surface area (Å²) in [5, 5.41) is 36.5. The molecule has 0 aliphatic rings. The van der Waals surface area contributed by atoms with Gasteiger partial charge in [0.1, 0.15) is 19.3 Å². The third-order valence-corrected chi connectivity index (χ3v) is 7.26. The second-order valence-corrected chi connectivity index (χ2v) is 11.9. The van der Waals surface area contributed by atoms with Crippen LogP contribution < -0.4 is 11.2 Å². The molecule has 0 unspecified atom stereocenters. The van der Waals surface area contributed by atoms with Crippen molar-refractivity contribution in [1.82, 2.24) is 35.0 Å². The van der Waals surface area contributed by atoms with Gasteiger partial charge in [-0.2, -0.15) is 15.3 Å². The van der Waals surface area contributed by atoms with Gasteiger partial charge in [0.2, 0.25) is 0 Å². The molecule has 268 valence electrons. The molecule has 6 N–H and O–H groups in total. The van der Waals surface area contributed by atoms with Crippen LogP contribution in [0, 0.1) is 0 Å². The zero-order valence-electron chi connectivity index (χ0n) is 26.3. The summed E-state index contributed by atoms with van der Waals surface area (Å²) in [4.78, 5) is 26.7. The van der Waals surface area contributed by atoms with Crippen molar-refractivity contribution in [3.63, 3.8) is 0 Å². The Kier molecular flexibility index (Phi) is 22.5. The molecule has 5 aromatic rings. The van der Waals surface area contributed by atoms with E-state index in [9.17, 15) is 4.79 Å². The number of aliphatic hydroxyl groups excluding tert-OH is 2. The number of carboxylic acid groups (broad SMARTS) is 1. The molecule has 2 heterocycles. The van der Waals surface area contributed by atoms with Crippen LogP contribution in [0.2, 0.25) is 0 Å². The highest BCUT2D eigenvalue weighted by molar-refractivity contribution is 9.11. The van der Waals surface area contributed by atoms with Crippen LogP contribution in [0.25, 0.3) is 22.8 Å². The number of hydrogen-bond donors (Lipinski definition) is 5. The number of halogens is 4. The number of nitrogens with one attached hydrogen (secondary N) is 1. The number of amidine groups is 1. The second kappa shape index (κ2) is 25.7. The molecule has 0 bridgehead atoms. The average Bonchev–Trinajstić information content (AvgIpc) is 3.78. The van der Waals surface area contributed by atoms with Gasteiger partial charge in [-0.05, 0) is 36.4 Å². The molecule has 0 aliphatic carbocycles. The third kappa shape index (κ3) is 17.0. The number of aromatic nitrogens is 6. The van der Waals surface area contributed by atoms with Crippen LogP contribution in [-0.4, -0.2) is 90.0 Å². The summed E-state index contributed by atoms with van der Waals surface area (Å²) in [5.41, 5.74) is 11.1. The van der Waals surface area contributed by atoms with Gasteiger partial charge < -0.3 is 31.2 Å². The van der Waals surface area contributed by atoms with Crippen molar-refractivity contribution in [3.05, 3.63) is 104 Å². The number of hydrogen-bond acceptors (Lipinski definition) is 11. The minimum absolute atomic E-state index is 0. The van der Waals surface area contributed by atoms with Gasteiger partial charge in [0.15, 0.2) is 17.5 Å². The van der Waals surface area contributed by atoms with Gasteiger partial charge in [-0.1, -0.05) is 84.2 Å². The average molecular weight is 905 g/mol. The number of carbonyl (C=O) groups is 2. The summed E-state index contributed by atoms with van der Waals surface area (Å²) >= 11 is 10.1. The van der Waals surface area contributed by atoms with Crippen LogP contribution in [0.3, 0.4) is 0 Å². The molecule has 0 fully saturated rings. The van der Waals surface area contributed by atoms with Gasteiger partial charge in [0.05, 0.1) is 32.8 Å². The van der Waals surface area contributed by atoms with E-state index in [0.29, 0.717) is 50.2 Å². The molecule has 50 heavy (non-hydrogen) atoms. The highest BCUT2D eigenvalue weighted by Crippen LogP contribution is 2.19. The SMILES string of the molecule is Cl.NC(=NNCCO)c1ccc(Br)cc1.O=CO.O=COCCn1cnc(-c2ccc(Br)cc2)n1.OCCn1cnc(-c2ccc(Br)cc2)n1. The van der Waals surface area contributed by atoms with Crippen molar-refractivity contribution in [1.29, 1.82) is 0 Å². The quantitative estimate of drug-likeness (QED) is 0.0389. The topological polar surface area (TPSA) is 216 Å². The van der Waals surface area contributed by atoms with Crippen LogP contribution in [0.1, 0.15) is 5.56 Å². The molecule has 0 saturated heterocycles. The van der Waals surface area contributed by atoms with E-state index < -0.39 is 0 Å². The molecule has 0 spiro atoms. The maximum Gasteiger partial charge on any atom is 0.293 e. The summed E-state index contributed by atoms with van der Waals surface area (Å²) < 4.78 is 10.9. The minimum Gasteiger partial charge on any atom is -0.483 e. The Labute approximate surface area is 319 Å². The fourth-order valence-electron chi connectivity index (χ4n) is 3.44. The van der Waals surface area contributed by atoms with E-state index in [0.717, 1.165) is 30.1 Å². The van der Waals surface area contributed by atoms with Crippen molar-refractivity contribution >= 4 is 79.0 Å². The molecule has 19 heteroatoms. The first kappa shape index (κ1) is 43.8. The first-order valence-corrected chi connectivity index (χ1v) is 16.6. The molecular weight excluding hydrogens is 870 g/mol. The zero-order chi connectivity index (χ0) is 35.9. The monoisotopic (exact) mass is 901 g/mol. The maximum atomic E-state index is 9.98. The highest BCUT2D eigenvalue weighted by Gasteiger charge is 2.05. The van der Waals surface area contributed by atoms with Crippen LogP contribution in [0.4, 0.5) is 0 Å². The van der Waals surface area contributed by atoms with Gasteiger partial charge in [-0.15, -0.1) is 12.4 Å². The number of hydrazone groups is 1. The molecular formula is C31H35Br3ClN9O6. The molecule has 0 saturated carbocycles. The summed E-state index contributed by atoms with van der Waals surface area (Å²) in [5.74, 6) is 1.74. The standard InChI is InChI=1S/C11H10BrN3O2.C10H10BrN3O.C9H12BrN3O.CH2O2.ClH/c12-10-3-1-9(2-4-10)11-13-7-15(14-11)5-6-17-8-16;11-9-3-1-8(2-4-9)10-12-7-14(13-10)5-6-15;10-8-3-1-7(2-4-8)9(11)13-12-5-6-14;2-1-3;/h1-4,7-8H,5-6H2;1-4,7,15H,5-6H2;1-4,12,14H,5-6H2,(H2,11,13);1H,(H,2,3);1H. The molecule has 0 aliphatic heterocycles. The van der Waals surface area contributed by atoms with E-state index in [1.165, 1.54) is 0 Å². The predicted octanol–water partition coefficient (Wildman–Crippen LogP) is 4.35. The van der Waals surface area contributed by atoms with Gasteiger partial charge in [-0.3, -0.25) is 14.3 Å². The van der Waals surface area contributed by atoms with Crippen molar-refractivity contribution in [2.45, 2.75) is 13.1 Å². The third-order valence-electron chi connectivity index (χ3n) is 5.68. The normalized spacial score (nSPS) is 10.1. The highest BCUT2D eigenvalue weighted by atomic mass is 79.9. The molecule has 2 aromatic heterocycles. The maximum absolute atomic E-state index is 9.98. The number of rotatable bonds is 12. The summed E-state index contributed by atoms with van der Waals surface area (Å²) in [6.07, 6.45) is 3.24. The fourth-order valence-corrected chi connectivity index (χ4v) is 4.23. The second-order valence-electron chi connectivity index (χ2n) is 9.11. The van der Waals surface area contributed by atoms with Crippen molar-refractivity contribution in [2.75, 3.05) is 26.4 Å². The van der Waals surface area contributed by atoms with Crippen LogP contribution in [0.5, 0.6) is 0 Å². The summed E-state index contributed by atoms with van der Waals surface area (Å²) in [6.45, 7) is 1.96. The zero-order valence-corrected chi connectivity index (χ0v) is 31.9. The molecule has 0 amide bonds. The molecule has 0 radical (unpaired) electrons. The molecule has 3 aromatic carbocycles. The lowest BCUT2D eigenvalue weighted by Gasteiger charge is -2.01. The Balaban J connectivity index is 0.000000359. The number of aliphatic hydroxyl groups is 2. The van der Waals surface area contributed by atoms with Gasteiger partial charge in [0.25, 0.3) is 12.9 Å². The van der Waals surface area contributed by atoms with E-state index >= 15 is 0 Å². The van der Waals surface area contributed by atoms with Crippen LogP contribution in [0.15, 0.2) is 104 Å². The van der Waals surface area contributed by atoms with E-state index in [1.807, 2.05) is 72.8 Å². The van der Waals surface area contributed by atoms with E-state index in [1.54, 1.807) is 22.0 Å². The smallest absolute Gasteiger partial charge is 0.293 e.